The fourth-order valence-electron chi connectivity index (χ4n) is 3.10. The molecular formula is C20H24N6O5. The first-order chi connectivity index (χ1) is 14.9. The van der Waals surface area contributed by atoms with Crippen molar-refractivity contribution in [2.24, 2.45) is 14.1 Å². The Balaban J connectivity index is 1.82. The monoisotopic (exact) mass is 428 g/mol. The van der Waals surface area contributed by atoms with Crippen LogP contribution in [0.2, 0.25) is 0 Å². The van der Waals surface area contributed by atoms with E-state index in [0.29, 0.717) is 11.5 Å². The molecule has 0 unspecified atom stereocenters. The summed E-state index contributed by atoms with van der Waals surface area (Å²) in [6, 6.07) is 3.15. The third-order valence-electron chi connectivity index (χ3n) is 4.56. The Bertz CT molecular complexity index is 1100. The number of aryl methyl sites for hydroxylation is 2. The largest absolute Gasteiger partial charge is 0.493 e. The number of ether oxygens (including phenoxy) is 3. The Labute approximate surface area is 178 Å². The fourth-order valence-corrected chi connectivity index (χ4v) is 3.10. The number of methoxy groups -OCH3 is 3. The molecule has 3 aromatic rings. The summed E-state index contributed by atoms with van der Waals surface area (Å²) in [7, 11) is 7.78. The lowest BCUT2D eigenvalue weighted by Gasteiger charge is -2.15. The first kappa shape index (κ1) is 21.7. The van der Waals surface area contributed by atoms with E-state index in [1.807, 2.05) is 0 Å². The number of nitrogens with one attached hydrogen (secondary N) is 2. The first-order valence-corrected chi connectivity index (χ1v) is 9.27. The Hall–Kier alpha value is -4.02. The molecule has 0 aliphatic heterocycles. The molecule has 0 saturated heterocycles. The van der Waals surface area contributed by atoms with E-state index in [1.54, 1.807) is 43.3 Å². The second kappa shape index (κ2) is 9.20. The van der Waals surface area contributed by atoms with Crippen molar-refractivity contribution in [3.05, 3.63) is 47.5 Å². The van der Waals surface area contributed by atoms with Gasteiger partial charge in [0.15, 0.2) is 11.5 Å². The molecular weight excluding hydrogens is 404 g/mol. The number of hydrogen-bond donors (Lipinski definition) is 2. The van der Waals surface area contributed by atoms with Gasteiger partial charge >= 0.3 is 0 Å². The lowest BCUT2D eigenvalue weighted by molar-refractivity contribution is 0.0942. The van der Waals surface area contributed by atoms with Gasteiger partial charge in [-0.15, -0.1) is 0 Å². The SMILES string of the molecule is COc1ccc(C(=O)Nc2cnn(C)c2C(=O)NCc2cnn(C)c2)c(OC)c1OC. The van der Waals surface area contributed by atoms with Crippen LogP contribution in [0.5, 0.6) is 17.2 Å². The van der Waals surface area contributed by atoms with Crippen LogP contribution in [0.4, 0.5) is 5.69 Å². The van der Waals surface area contributed by atoms with Crippen LogP contribution < -0.4 is 24.8 Å². The Morgan fingerprint density at radius 1 is 0.968 bits per heavy atom. The maximum Gasteiger partial charge on any atom is 0.271 e. The van der Waals surface area contributed by atoms with Gasteiger partial charge in [-0.1, -0.05) is 0 Å². The molecule has 2 amide bonds. The summed E-state index contributed by atoms with van der Waals surface area (Å²) < 4.78 is 19.0. The molecule has 164 valence electrons. The molecule has 1 aromatic carbocycles. The maximum absolute atomic E-state index is 13.0. The number of rotatable bonds is 8. The maximum atomic E-state index is 13.0. The van der Waals surface area contributed by atoms with Crippen molar-refractivity contribution in [3.8, 4) is 17.2 Å². The van der Waals surface area contributed by atoms with Gasteiger partial charge in [0, 0.05) is 32.4 Å². The van der Waals surface area contributed by atoms with Crippen molar-refractivity contribution in [1.82, 2.24) is 24.9 Å². The molecule has 0 bridgehead atoms. The van der Waals surface area contributed by atoms with Crippen LogP contribution >= 0.6 is 0 Å². The molecule has 2 N–H and O–H groups in total. The Morgan fingerprint density at radius 2 is 1.71 bits per heavy atom. The molecule has 0 fully saturated rings. The van der Waals surface area contributed by atoms with Crippen molar-refractivity contribution in [2.75, 3.05) is 26.6 Å². The molecule has 0 spiro atoms. The molecule has 11 nitrogen and oxygen atoms in total. The van der Waals surface area contributed by atoms with E-state index in [4.69, 9.17) is 14.2 Å². The fraction of sp³-hybridized carbons (Fsp3) is 0.300. The number of nitrogens with zero attached hydrogens (tertiary/aromatic N) is 4. The number of benzene rings is 1. The molecule has 11 heteroatoms. The van der Waals surface area contributed by atoms with Gasteiger partial charge in [-0.05, 0) is 12.1 Å². The van der Waals surface area contributed by atoms with E-state index in [-0.39, 0.29) is 29.2 Å². The first-order valence-electron chi connectivity index (χ1n) is 9.27. The van der Waals surface area contributed by atoms with Crippen LogP contribution in [0.25, 0.3) is 0 Å². The van der Waals surface area contributed by atoms with E-state index in [9.17, 15) is 9.59 Å². The molecule has 2 heterocycles. The summed E-state index contributed by atoms with van der Waals surface area (Å²) in [5.74, 6) is 0.0439. The van der Waals surface area contributed by atoms with Gasteiger partial charge in [0.1, 0.15) is 5.69 Å². The average molecular weight is 428 g/mol. The lowest BCUT2D eigenvalue weighted by atomic mass is 10.1. The second-order valence-electron chi connectivity index (χ2n) is 6.57. The molecule has 0 atom stereocenters. The van der Waals surface area contributed by atoms with Gasteiger partial charge in [-0.25, -0.2) is 0 Å². The van der Waals surface area contributed by atoms with Gasteiger partial charge in [-0.2, -0.15) is 10.2 Å². The van der Waals surface area contributed by atoms with Crippen LogP contribution in [0.1, 0.15) is 26.4 Å². The van der Waals surface area contributed by atoms with E-state index in [2.05, 4.69) is 20.8 Å². The number of aromatic nitrogens is 4. The van der Waals surface area contributed by atoms with Gasteiger partial charge in [-0.3, -0.25) is 19.0 Å². The smallest absolute Gasteiger partial charge is 0.271 e. The van der Waals surface area contributed by atoms with E-state index >= 15 is 0 Å². The summed E-state index contributed by atoms with van der Waals surface area (Å²) in [6.07, 6.45) is 4.87. The predicted molar refractivity (Wildman–Crippen MR) is 112 cm³/mol. The normalized spacial score (nSPS) is 10.5. The van der Waals surface area contributed by atoms with Crippen LogP contribution in [-0.4, -0.2) is 52.7 Å². The molecule has 0 radical (unpaired) electrons. The van der Waals surface area contributed by atoms with Crippen LogP contribution in [0.15, 0.2) is 30.7 Å². The highest BCUT2D eigenvalue weighted by Gasteiger charge is 2.24. The summed E-state index contributed by atoms with van der Waals surface area (Å²) in [5.41, 5.74) is 1.52. The second-order valence-corrected chi connectivity index (χ2v) is 6.57. The van der Waals surface area contributed by atoms with Gasteiger partial charge in [0.25, 0.3) is 11.8 Å². The molecule has 31 heavy (non-hydrogen) atoms. The Kier molecular flexibility index (Phi) is 6.43. The quantitative estimate of drug-likeness (QED) is 0.556. The zero-order chi connectivity index (χ0) is 22.5. The number of carbonyl (C=O) groups is 2. The highest BCUT2D eigenvalue weighted by atomic mass is 16.5. The molecule has 0 aliphatic carbocycles. The molecule has 2 aromatic heterocycles. The highest BCUT2D eigenvalue weighted by Crippen LogP contribution is 2.40. The predicted octanol–water partition coefficient (Wildman–Crippen LogP) is 1.36. The van der Waals surface area contributed by atoms with E-state index in [1.165, 1.54) is 32.2 Å². The zero-order valence-electron chi connectivity index (χ0n) is 17.9. The van der Waals surface area contributed by atoms with Crippen LogP contribution in [-0.2, 0) is 20.6 Å². The summed E-state index contributed by atoms with van der Waals surface area (Å²) in [6.45, 7) is 0.286. The van der Waals surface area contributed by atoms with E-state index < -0.39 is 11.8 Å². The van der Waals surface area contributed by atoms with Crippen molar-refractivity contribution >= 4 is 17.5 Å². The third kappa shape index (κ3) is 4.44. The van der Waals surface area contributed by atoms with Crippen LogP contribution in [0, 0.1) is 0 Å². The van der Waals surface area contributed by atoms with Crippen molar-refractivity contribution in [1.29, 1.82) is 0 Å². The Morgan fingerprint density at radius 3 is 2.32 bits per heavy atom. The summed E-state index contributed by atoms with van der Waals surface area (Å²) >= 11 is 0. The van der Waals surface area contributed by atoms with Gasteiger partial charge < -0.3 is 24.8 Å². The average Bonchev–Trinajstić information content (AvgIpc) is 3.35. The van der Waals surface area contributed by atoms with Crippen molar-refractivity contribution in [3.63, 3.8) is 0 Å². The van der Waals surface area contributed by atoms with Crippen molar-refractivity contribution in [2.45, 2.75) is 6.54 Å². The molecule has 0 aliphatic rings. The number of hydrogen-bond acceptors (Lipinski definition) is 7. The molecule has 3 rings (SSSR count). The standard InChI is InChI=1S/C20H24N6O5/c1-25-11-12(9-22-25)8-21-20(28)16-14(10-23-26(16)2)24-19(27)13-6-7-15(29-3)18(31-5)17(13)30-4/h6-7,9-11H,8H2,1-5H3,(H,21,28)(H,24,27). The minimum Gasteiger partial charge on any atom is -0.493 e. The topological polar surface area (TPSA) is 122 Å². The van der Waals surface area contributed by atoms with Crippen LogP contribution in [0.3, 0.4) is 0 Å². The van der Waals surface area contributed by atoms with Gasteiger partial charge in [0.05, 0.1) is 45.0 Å². The highest BCUT2D eigenvalue weighted by molar-refractivity contribution is 6.10. The minimum absolute atomic E-state index is 0.205. The number of amides is 2. The number of anilines is 1. The van der Waals surface area contributed by atoms with E-state index in [0.717, 1.165) is 5.56 Å². The lowest BCUT2D eigenvalue weighted by Crippen LogP contribution is -2.26. The van der Waals surface area contributed by atoms with Gasteiger partial charge in [0.2, 0.25) is 5.75 Å². The minimum atomic E-state index is -0.493. The molecule has 0 saturated carbocycles. The zero-order valence-corrected chi connectivity index (χ0v) is 17.9. The number of carbonyl (C=O) groups excluding carboxylic acids is 2. The summed E-state index contributed by atoms with van der Waals surface area (Å²) in [5, 5.41) is 13.7. The van der Waals surface area contributed by atoms with Crippen molar-refractivity contribution < 1.29 is 23.8 Å². The third-order valence-corrected chi connectivity index (χ3v) is 4.56. The summed E-state index contributed by atoms with van der Waals surface area (Å²) in [4.78, 5) is 25.7.